The van der Waals surface area contributed by atoms with E-state index in [-0.39, 0.29) is 17.1 Å². The van der Waals surface area contributed by atoms with Gasteiger partial charge in [-0.1, -0.05) is 0 Å². The second-order valence-corrected chi connectivity index (χ2v) is 6.95. The summed E-state index contributed by atoms with van der Waals surface area (Å²) in [7, 11) is 2.07. The molecule has 0 bridgehead atoms. The molecule has 0 saturated carbocycles. The van der Waals surface area contributed by atoms with Gasteiger partial charge in [-0.05, 0) is 41.2 Å². The first-order valence-electron chi connectivity index (χ1n) is 6.92. The van der Waals surface area contributed by atoms with E-state index in [0.29, 0.717) is 0 Å². The maximum atomic E-state index is 9.45. The van der Waals surface area contributed by atoms with Crippen LogP contribution in [-0.2, 0) is 4.74 Å². The van der Waals surface area contributed by atoms with Crippen LogP contribution in [-0.4, -0.2) is 61.5 Å². The van der Waals surface area contributed by atoms with Crippen molar-refractivity contribution in [1.29, 1.82) is 0 Å². The molecule has 0 aromatic heterocycles. The van der Waals surface area contributed by atoms with Crippen molar-refractivity contribution >= 4 is 0 Å². The van der Waals surface area contributed by atoms with E-state index in [1.54, 1.807) is 0 Å². The minimum Gasteiger partial charge on any atom is -0.392 e. The van der Waals surface area contributed by atoms with Gasteiger partial charge in [0.05, 0.1) is 12.7 Å². The Bertz CT molecular complexity index is 243. The van der Waals surface area contributed by atoms with Gasteiger partial charge in [0.25, 0.3) is 0 Å². The third-order valence-corrected chi connectivity index (χ3v) is 3.36. The van der Waals surface area contributed by atoms with Crippen molar-refractivity contribution in [1.82, 2.24) is 10.2 Å². The van der Waals surface area contributed by atoms with Gasteiger partial charge in [0.2, 0.25) is 0 Å². The lowest BCUT2D eigenvalue weighted by atomic mass is 9.85. The maximum Gasteiger partial charge on any atom is 0.0638 e. The lowest BCUT2D eigenvalue weighted by Crippen LogP contribution is -2.49. The SMILES string of the molecule is CC(O)CN(C)CC1(CNC(C)(C)C)CCOC1. The number of aliphatic hydroxyl groups is 1. The van der Waals surface area contributed by atoms with Gasteiger partial charge in [-0.2, -0.15) is 0 Å². The van der Waals surface area contributed by atoms with Crippen molar-refractivity contribution in [3.05, 3.63) is 0 Å². The van der Waals surface area contributed by atoms with Gasteiger partial charge < -0.3 is 20.1 Å². The van der Waals surface area contributed by atoms with Crippen molar-refractivity contribution in [2.24, 2.45) is 5.41 Å². The number of rotatable bonds is 6. The first-order valence-corrected chi connectivity index (χ1v) is 6.92. The first-order chi connectivity index (χ1) is 8.22. The van der Waals surface area contributed by atoms with E-state index in [1.165, 1.54) is 0 Å². The number of likely N-dealkylation sites (N-methyl/N-ethyl adjacent to an activating group) is 1. The molecule has 0 radical (unpaired) electrons. The van der Waals surface area contributed by atoms with Crippen LogP contribution in [0.2, 0.25) is 0 Å². The van der Waals surface area contributed by atoms with Gasteiger partial charge >= 0.3 is 0 Å². The molecule has 0 amide bonds. The van der Waals surface area contributed by atoms with Crippen LogP contribution in [0.1, 0.15) is 34.1 Å². The molecule has 4 nitrogen and oxygen atoms in total. The summed E-state index contributed by atoms with van der Waals surface area (Å²) in [5.41, 5.74) is 0.329. The molecular formula is C14H30N2O2. The van der Waals surface area contributed by atoms with Crippen LogP contribution in [0.3, 0.4) is 0 Å². The molecule has 0 aromatic rings. The lowest BCUT2D eigenvalue weighted by Gasteiger charge is -2.35. The van der Waals surface area contributed by atoms with Crippen molar-refractivity contribution in [3.8, 4) is 0 Å². The number of ether oxygens (including phenoxy) is 1. The molecule has 2 N–H and O–H groups in total. The van der Waals surface area contributed by atoms with E-state index >= 15 is 0 Å². The normalized spacial score (nSPS) is 26.8. The quantitative estimate of drug-likeness (QED) is 0.749. The van der Waals surface area contributed by atoms with Crippen LogP contribution in [0.5, 0.6) is 0 Å². The lowest BCUT2D eigenvalue weighted by molar-refractivity contribution is 0.0849. The zero-order valence-corrected chi connectivity index (χ0v) is 12.6. The van der Waals surface area contributed by atoms with Crippen molar-refractivity contribution < 1.29 is 9.84 Å². The first kappa shape index (κ1) is 15.9. The van der Waals surface area contributed by atoms with Crippen LogP contribution < -0.4 is 5.32 Å². The number of nitrogens with one attached hydrogen (secondary N) is 1. The van der Waals surface area contributed by atoms with E-state index in [1.807, 2.05) is 6.92 Å². The fourth-order valence-electron chi connectivity index (χ4n) is 2.51. The second kappa shape index (κ2) is 6.33. The average Bonchev–Trinajstić information content (AvgIpc) is 2.61. The van der Waals surface area contributed by atoms with Crippen LogP contribution in [0, 0.1) is 5.41 Å². The number of nitrogens with zero attached hydrogens (tertiary/aromatic N) is 1. The molecule has 2 atom stereocenters. The van der Waals surface area contributed by atoms with E-state index in [0.717, 1.165) is 39.3 Å². The molecule has 108 valence electrons. The minimum atomic E-state index is -0.273. The van der Waals surface area contributed by atoms with Gasteiger partial charge in [-0.25, -0.2) is 0 Å². The fraction of sp³-hybridized carbons (Fsp3) is 1.00. The Hall–Kier alpha value is -0.160. The molecule has 0 aliphatic carbocycles. The van der Waals surface area contributed by atoms with E-state index in [9.17, 15) is 5.11 Å². The largest absolute Gasteiger partial charge is 0.392 e. The van der Waals surface area contributed by atoms with Gasteiger partial charge in [-0.3, -0.25) is 0 Å². The van der Waals surface area contributed by atoms with E-state index in [4.69, 9.17) is 4.74 Å². The summed E-state index contributed by atoms with van der Waals surface area (Å²) in [6.07, 6.45) is 0.824. The Kier molecular flexibility index (Phi) is 5.59. The zero-order valence-electron chi connectivity index (χ0n) is 12.6. The minimum absolute atomic E-state index is 0.137. The van der Waals surface area contributed by atoms with Crippen molar-refractivity contribution in [2.75, 3.05) is 39.9 Å². The van der Waals surface area contributed by atoms with Gasteiger partial charge in [0.15, 0.2) is 0 Å². The van der Waals surface area contributed by atoms with E-state index in [2.05, 4.69) is 38.0 Å². The third kappa shape index (κ3) is 5.65. The highest BCUT2D eigenvalue weighted by Crippen LogP contribution is 2.29. The zero-order chi connectivity index (χ0) is 13.8. The van der Waals surface area contributed by atoms with Crippen LogP contribution >= 0.6 is 0 Å². The van der Waals surface area contributed by atoms with Crippen LogP contribution in [0.4, 0.5) is 0 Å². The molecule has 18 heavy (non-hydrogen) atoms. The third-order valence-electron chi connectivity index (χ3n) is 3.36. The fourth-order valence-corrected chi connectivity index (χ4v) is 2.51. The summed E-state index contributed by atoms with van der Waals surface area (Å²) >= 11 is 0. The van der Waals surface area contributed by atoms with Crippen molar-refractivity contribution in [3.63, 3.8) is 0 Å². The molecular weight excluding hydrogens is 228 g/mol. The highest BCUT2D eigenvalue weighted by atomic mass is 16.5. The number of hydrogen-bond donors (Lipinski definition) is 2. The summed E-state index contributed by atoms with van der Waals surface area (Å²) in [6, 6.07) is 0. The maximum absolute atomic E-state index is 9.45. The van der Waals surface area contributed by atoms with Gasteiger partial charge in [-0.15, -0.1) is 0 Å². The molecule has 1 saturated heterocycles. The van der Waals surface area contributed by atoms with Crippen LogP contribution in [0.15, 0.2) is 0 Å². The molecule has 1 aliphatic rings. The predicted molar refractivity (Wildman–Crippen MR) is 74.8 cm³/mol. The molecule has 1 rings (SSSR count). The molecule has 1 heterocycles. The van der Waals surface area contributed by atoms with Crippen LogP contribution in [0.25, 0.3) is 0 Å². The Morgan fingerprint density at radius 1 is 1.44 bits per heavy atom. The van der Waals surface area contributed by atoms with Gasteiger partial charge in [0.1, 0.15) is 0 Å². The number of hydrogen-bond acceptors (Lipinski definition) is 4. The second-order valence-electron chi connectivity index (χ2n) is 6.95. The summed E-state index contributed by atoms with van der Waals surface area (Å²) in [5, 5.41) is 13.0. The summed E-state index contributed by atoms with van der Waals surface area (Å²) in [6.45, 7) is 12.7. The average molecular weight is 258 g/mol. The molecule has 4 heteroatoms. The molecule has 0 aromatic carbocycles. The molecule has 0 spiro atoms. The molecule has 1 fully saturated rings. The predicted octanol–water partition coefficient (Wildman–Crippen LogP) is 1.09. The Morgan fingerprint density at radius 3 is 2.56 bits per heavy atom. The Balaban J connectivity index is 2.52. The summed E-state index contributed by atoms with van der Waals surface area (Å²) in [5.74, 6) is 0. The van der Waals surface area contributed by atoms with E-state index < -0.39 is 0 Å². The highest BCUT2D eigenvalue weighted by molar-refractivity contribution is 4.90. The Morgan fingerprint density at radius 2 is 2.11 bits per heavy atom. The van der Waals surface area contributed by atoms with Gasteiger partial charge in [0, 0.05) is 37.2 Å². The smallest absolute Gasteiger partial charge is 0.0638 e. The summed E-state index contributed by atoms with van der Waals surface area (Å²) < 4.78 is 5.60. The Labute approximate surface area is 112 Å². The monoisotopic (exact) mass is 258 g/mol. The number of aliphatic hydroxyl groups excluding tert-OH is 1. The molecule has 2 unspecified atom stereocenters. The highest BCUT2D eigenvalue weighted by Gasteiger charge is 2.36. The van der Waals surface area contributed by atoms with Crippen molar-refractivity contribution in [2.45, 2.75) is 45.8 Å². The summed E-state index contributed by atoms with van der Waals surface area (Å²) in [4.78, 5) is 2.21. The standard InChI is InChI=1S/C14H30N2O2/c1-12(17)8-16(5)10-14(6-7-18-11-14)9-15-13(2,3)4/h12,15,17H,6-11H2,1-5H3. The topological polar surface area (TPSA) is 44.7 Å². The molecule has 1 aliphatic heterocycles.